The molecular formula is C22H24NO6-. The number of anilines is 1. The normalized spacial score (nSPS) is 18.3. The number of ether oxygens (including phenoxy) is 2. The Hall–Kier alpha value is -2.87. The van der Waals surface area contributed by atoms with Gasteiger partial charge in [-0.25, -0.2) is 0 Å². The van der Waals surface area contributed by atoms with Crippen LogP contribution in [0.15, 0.2) is 50.7 Å². The highest BCUT2D eigenvalue weighted by Gasteiger charge is 2.28. The Labute approximate surface area is 169 Å². The molecule has 0 unspecified atom stereocenters. The fraction of sp³-hybridized carbons (Fsp3) is 0.318. The average Bonchev–Trinajstić information content (AvgIpc) is 3.14. The van der Waals surface area contributed by atoms with E-state index in [1.54, 1.807) is 38.1 Å². The molecule has 1 aliphatic heterocycles. The first-order valence-corrected chi connectivity index (χ1v) is 9.24. The fourth-order valence-corrected chi connectivity index (χ4v) is 3.40. The number of hydrogen-bond acceptors (Lipinski definition) is 7. The van der Waals surface area contributed by atoms with Crippen molar-refractivity contribution in [1.29, 1.82) is 0 Å². The second kappa shape index (κ2) is 8.65. The van der Waals surface area contributed by atoms with Crippen molar-refractivity contribution >= 4 is 11.8 Å². The number of allylic oxidation sites excluding steroid dienone is 2. The van der Waals surface area contributed by atoms with Gasteiger partial charge >= 0.3 is 0 Å². The zero-order chi connectivity index (χ0) is 21.1. The van der Waals surface area contributed by atoms with Crippen molar-refractivity contribution in [2.24, 2.45) is 0 Å². The summed E-state index contributed by atoms with van der Waals surface area (Å²) in [5.74, 6) is 0.722. The Bertz CT molecular complexity index is 1000. The highest BCUT2D eigenvalue weighted by molar-refractivity contribution is 5.59. The van der Waals surface area contributed by atoms with E-state index in [4.69, 9.17) is 19.1 Å². The summed E-state index contributed by atoms with van der Waals surface area (Å²) in [5, 5.41) is 19.6. The van der Waals surface area contributed by atoms with Crippen molar-refractivity contribution in [3.05, 3.63) is 79.4 Å². The van der Waals surface area contributed by atoms with Crippen LogP contribution in [0.25, 0.3) is 6.08 Å². The molecule has 154 valence electrons. The maximum atomic E-state index is 12.4. The predicted octanol–water partition coefficient (Wildman–Crippen LogP) is 4.45. The van der Waals surface area contributed by atoms with E-state index in [9.17, 15) is 10.0 Å². The number of nitrogens with zero attached hydrogens (tertiary/aromatic N) is 1. The number of rotatable bonds is 5. The predicted molar refractivity (Wildman–Crippen MR) is 110 cm³/mol. The van der Waals surface area contributed by atoms with Gasteiger partial charge in [0.1, 0.15) is 11.9 Å². The van der Waals surface area contributed by atoms with E-state index in [0.29, 0.717) is 29.9 Å². The van der Waals surface area contributed by atoms with Crippen LogP contribution in [-0.4, -0.2) is 18.9 Å². The topological polar surface area (TPSA) is 95.2 Å². The van der Waals surface area contributed by atoms with Crippen molar-refractivity contribution in [3.8, 4) is 5.95 Å². The Morgan fingerprint density at radius 3 is 2.59 bits per heavy atom. The maximum Gasteiger partial charge on any atom is 0.291 e. The summed E-state index contributed by atoms with van der Waals surface area (Å²) in [6, 6.07) is 6.60. The van der Waals surface area contributed by atoms with Crippen LogP contribution in [-0.2, 0) is 4.74 Å². The number of hydrogen-bond donors (Lipinski definition) is 1. The molecule has 0 saturated carbocycles. The molecule has 1 N–H and O–H groups in total. The van der Waals surface area contributed by atoms with E-state index in [1.165, 1.54) is 7.11 Å². The lowest BCUT2D eigenvalue weighted by molar-refractivity contribution is 0.0880. The standard InChI is InChI=1S/C22H24NO6/c1-13(9-16-5-7-18(8-6-16)23(25)26)10-17-11-19(28-12-17)21-14(2)20(24)15(3)22(27-4)29-21/h5-10,19,25H,11-12H2,1-4H3/q-1/b13-9+,17-10-/t19-/m1/s1. The Balaban J connectivity index is 1.77. The zero-order valence-electron chi connectivity index (χ0n) is 16.9. The van der Waals surface area contributed by atoms with Gasteiger partial charge in [-0.1, -0.05) is 29.9 Å². The van der Waals surface area contributed by atoms with Crippen LogP contribution >= 0.6 is 0 Å². The monoisotopic (exact) mass is 398 g/mol. The molecule has 0 amide bonds. The number of methoxy groups -OCH3 is 1. The summed E-state index contributed by atoms with van der Waals surface area (Å²) in [4.78, 5) is 12.4. The Morgan fingerprint density at radius 2 is 1.97 bits per heavy atom. The van der Waals surface area contributed by atoms with E-state index in [0.717, 1.165) is 16.7 Å². The molecule has 1 atom stereocenters. The third-order valence-electron chi connectivity index (χ3n) is 4.90. The van der Waals surface area contributed by atoms with Gasteiger partial charge in [0.15, 0.2) is 5.43 Å². The second-order valence-electron chi connectivity index (χ2n) is 7.10. The van der Waals surface area contributed by atoms with Crippen LogP contribution in [0.2, 0.25) is 0 Å². The van der Waals surface area contributed by atoms with E-state index >= 15 is 0 Å². The lowest BCUT2D eigenvalue weighted by Crippen LogP contribution is -2.15. The zero-order valence-corrected chi connectivity index (χ0v) is 16.9. The molecule has 29 heavy (non-hydrogen) atoms. The van der Waals surface area contributed by atoms with Crippen molar-refractivity contribution < 1.29 is 19.1 Å². The van der Waals surface area contributed by atoms with Gasteiger partial charge < -0.3 is 24.3 Å². The largest absolute Gasteiger partial charge is 0.733 e. The fourth-order valence-electron chi connectivity index (χ4n) is 3.40. The molecule has 7 heteroatoms. The minimum Gasteiger partial charge on any atom is -0.733 e. The summed E-state index contributed by atoms with van der Waals surface area (Å²) < 4.78 is 16.8. The van der Waals surface area contributed by atoms with E-state index < -0.39 is 0 Å². The molecule has 1 aromatic carbocycles. The molecular weight excluding hydrogens is 374 g/mol. The van der Waals surface area contributed by atoms with Gasteiger partial charge in [0.25, 0.3) is 5.95 Å². The molecule has 2 heterocycles. The number of benzene rings is 1. The first kappa shape index (κ1) is 20.9. The molecule has 0 bridgehead atoms. The first-order valence-electron chi connectivity index (χ1n) is 9.24. The molecule has 2 aromatic rings. The minimum atomic E-state index is -0.330. The first-order chi connectivity index (χ1) is 13.8. The molecule has 0 radical (unpaired) electrons. The van der Waals surface area contributed by atoms with Gasteiger partial charge in [0, 0.05) is 12.0 Å². The lowest BCUT2D eigenvalue weighted by Gasteiger charge is -2.21. The minimum absolute atomic E-state index is 0.0943. The smallest absolute Gasteiger partial charge is 0.291 e. The summed E-state index contributed by atoms with van der Waals surface area (Å²) in [5.41, 5.74) is 4.08. The second-order valence-corrected chi connectivity index (χ2v) is 7.10. The van der Waals surface area contributed by atoms with Crippen LogP contribution in [0.5, 0.6) is 5.95 Å². The van der Waals surface area contributed by atoms with Gasteiger partial charge in [-0.15, -0.1) is 0 Å². The van der Waals surface area contributed by atoms with E-state index in [-0.39, 0.29) is 28.4 Å². The lowest BCUT2D eigenvalue weighted by atomic mass is 10.0. The summed E-state index contributed by atoms with van der Waals surface area (Å²) in [6.45, 7) is 5.84. The molecule has 0 aliphatic carbocycles. The molecule has 7 nitrogen and oxygen atoms in total. The van der Waals surface area contributed by atoms with Crippen molar-refractivity contribution in [2.75, 3.05) is 18.9 Å². The maximum absolute atomic E-state index is 12.4. The van der Waals surface area contributed by atoms with Crippen LogP contribution in [0.1, 0.15) is 41.9 Å². The van der Waals surface area contributed by atoms with E-state index in [1.807, 2.05) is 19.1 Å². The van der Waals surface area contributed by atoms with Crippen LogP contribution in [0, 0.1) is 19.1 Å². The van der Waals surface area contributed by atoms with Crippen LogP contribution < -0.4 is 15.4 Å². The molecule has 1 aromatic heterocycles. The van der Waals surface area contributed by atoms with E-state index in [2.05, 4.69) is 0 Å². The highest BCUT2D eigenvalue weighted by atomic mass is 16.8. The SMILES string of the molecule is COc1oc([C@H]2C/C(=C/C(C)=C/c3ccc(N([O-])O)cc3)CO2)c(C)c(=O)c1C. The summed E-state index contributed by atoms with van der Waals surface area (Å²) in [6.07, 6.45) is 4.30. The van der Waals surface area contributed by atoms with Gasteiger partial charge in [0.05, 0.1) is 25.0 Å². The molecule has 1 fully saturated rings. The average molecular weight is 398 g/mol. The summed E-state index contributed by atoms with van der Waals surface area (Å²) >= 11 is 0. The molecule has 3 rings (SSSR count). The highest BCUT2D eigenvalue weighted by Crippen LogP contribution is 2.35. The third kappa shape index (κ3) is 4.59. The van der Waals surface area contributed by atoms with Crippen molar-refractivity contribution in [2.45, 2.75) is 33.3 Å². The van der Waals surface area contributed by atoms with Gasteiger partial charge in [-0.3, -0.25) is 10.0 Å². The van der Waals surface area contributed by atoms with Crippen LogP contribution in [0.3, 0.4) is 0 Å². The van der Waals surface area contributed by atoms with Gasteiger partial charge in [0.2, 0.25) is 0 Å². The van der Waals surface area contributed by atoms with Crippen LogP contribution in [0.4, 0.5) is 5.69 Å². The Kier molecular flexibility index (Phi) is 6.22. The molecule has 0 spiro atoms. The van der Waals surface area contributed by atoms with Crippen molar-refractivity contribution in [1.82, 2.24) is 0 Å². The van der Waals surface area contributed by atoms with Gasteiger partial charge in [-0.05, 0) is 44.0 Å². The van der Waals surface area contributed by atoms with Crippen molar-refractivity contribution in [3.63, 3.8) is 0 Å². The third-order valence-corrected chi connectivity index (χ3v) is 4.90. The van der Waals surface area contributed by atoms with Gasteiger partial charge in [-0.2, -0.15) is 0 Å². The summed E-state index contributed by atoms with van der Waals surface area (Å²) in [7, 11) is 1.47. The molecule has 1 aliphatic rings. The Morgan fingerprint density at radius 1 is 1.28 bits per heavy atom. The molecule has 1 saturated heterocycles. The quantitative estimate of drug-likeness (QED) is 0.743.